The van der Waals surface area contributed by atoms with Gasteiger partial charge in [0.1, 0.15) is 11.3 Å². The molecular weight excluding hydrogens is 266 g/mol. The molecule has 1 heterocycles. The van der Waals surface area contributed by atoms with Crippen molar-refractivity contribution in [1.82, 2.24) is 15.3 Å². The summed E-state index contributed by atoms with van der Waals surface area (Å²) in [5, 5.41) is 23.2. The maximum Gasteiger partial charge on any atom is 0.148 e. The van der Waals surface area contributed by atoms with E-state index in [4.69, 9.17) is 11.6 Å². The second kappa shape index (κ2) is 6.25. The van der Waals surface area contributed by atoms with Gasteiger partial charge in [-0.1, -0.05) is 17.7 Å². The van der Waals surface area contributed by atoms with Gasteiger partial charge < -0.3 is 15.5 Å². The van der Waals surface area contributed by atoms with Crippen LogP contribution < -0.4 is 5.32 Å². The van der Waals surface area contributed by atoms with Crippen LogP contribution in [0.1, 0.15) is 18.1 Å². The molecule has 2 aromatic rings. The molecule has 0 saturated carbocycles. The molecule has 0 amide bonds. The lowest BCUT2D eigenvalue weighted by Crippen LogP contribution is -2.23. The third kappa shape index (κ3) is 3.39. The summed E-state index contributed by atoms with van der Waals surface area (Å²) in [5.41, 5.74) is 1.91. The molecule has 6 heteroatoms. The van der Waals surface area contributed by atoms with Crippen LogP contribution in [-0.4, -0.2) is 39.9 Å². The van der Waals surface area contributed by atoms with Gasteiger partial charge in [-0.15, -0.1) is 0 Å². The molecule has 3 N–H and O–H groups in total. The van der Waals surface area contributed by atoms with Crippen LogP contribution in [0.5, 0.6) is 0 Å². The van der Waals surface area contributed by atoms with Gasteiger partial charge in [0.15, 0.2) is 0 Å². The van der Waals surface area contributed by atoms with Gasteiger partial charge in [-0.3, -0.25) is 4.98 Å². The summed E-state index contributed by atoms with van der Waals surface area (Å²) in [4.78, 5) is 8.27. The Kier molecular flexibility index (Phi) is 4.66. The molecule has 1 aromatic carbocycles. The Hall–Kier alpha value is -1.27. The smallest absolute Gasteiger partial charge is 0.148 e. The molecule has 5 nitrogen and oxygen atoms in total. The van der Waals surface area contributed by atoms with E-state index < -0.39 is 12.2 Å². The Morgan fingerprint density at radius 3 is 2.84 bits per heavy atom. The molecule has 2 unspecified atom stereocenters. The second-order valence-electron chi connectivity index (χ2n) is 4.35. The highest BCUT2D eigenvalue weighted by molar-refractivity contribution is 6.29. The summed E-state index contributed by atoms with van der Waals surface area (Å²) >= 11 is 5.79. The average molecular weight is 282 g/mol. The minimum atomic E-state index is -0.946. The Labute approximate surface area is 116 Å². The fourth-order valence-corrected chi connectivity index (χ4v) is 2.00. The van der Waals surface area contributed by atoms with E-state index in [2.05, 4.69) is 15.3 Å². The van der Waals surface area contributed by atoms with Crippen LogP contribution in [0.4, 0.5) is 0 Å². The number of nitrogens with zero attached hydrogens (tertiary/aromatic N) is 2. The zero-order valence-corrected chi connectivity index (χ0v) is 11.3. The molecule has 0 aliphatic heterocycles. The lowest BCUT2D eigenvalue weighted by atomic mass is 10.0. The summed E-state index contributed by atoms with van der Waals surface area (Å²) in [5.74, 6) is 0. The minimum Gasteiger partial charge on any atom is -0.390 e. The number of aromatic nitrogens is 2. The van der Waals surface area contributed by atoms with Crippen molar-refractivity contribution in [3.8, 4) is 0 Å². The molecule has 0 saturated heterocycles. The Morgan fingerprint density at radius 2 is 2.11 bits per heavy atom. The number of fused-ring (bicyclic) bond motifs is 1. The fourth-order valence-electron chi connectivity index (χ4n) is 1.86. The second-order valence-corrected chi connectivity index (χ2v) is 4.73. The predicted octanol–water partition coefficient (Wildman–Crippen LogP) is 1.29. The van der Waals surface area contributed by atoms with Crippen LogP contribution in [0.15, 0.2) is 24.4 Å². The van der Waals surface area contributed by atoms with Crippen molar-refractivity contribution in [1.29, 1.82) is 0 Å². The van der Waals surface area contributed by atoms with Crippen molar-refractivity contribution in [3.05, 3.63) is 35.1 Å². The van der Waals surface area contributed by atoms with Crippen molar-refractivity contribution in [3.63, 3.8) is 0 Å². The van der Waals surface area contributed by atoms with E-state index in [9.17, 15) is 10.2 Å². The van der Waals surface area contributed by atoms with Crippen molar-refractivity contribution < 1.29 is 10.2 Å². The van der Waals surface area contributed by atoms with Gasteiger partial charge in [0.05, 0.1) is 23.3 Å². The summed E-state index contributed by atoms with van der Waals surface area (Å²) in [7, 11) is 1.80. The van der Waals surface area contributed by atoms with Crippen LogP contribution in [0, 0.1) is 0 Å². The van der Waals surface area contributed by atoms with Gasteiger partial charge in [0, 0.05) is 0 Å². The lowest BCUT2D eigenvalue weighted by Gasteiger charge is -2.18. The number of aliphatic hydroxyl groups excluding tert-OH is 2. The molecule has 0 bridgehead atoms. The first-order valence-electron chi connectivity index (χ1n) is 6.04. The normalized spacial score (nSPS) is 14.5. The first-order valence-corrected chi connectivity index (χ1v) is 6.42. The van der Waals surface area contributed by atoms with Crippen molar-refractivity contribution in [2.24, 2.45) is 0 Å². The molecule has 2 rings (SSSR count). The molecule has 1 aromatic heterocycles. The van der Waals surface area contributed by atoms with Gasteiger partial charge in [-0.25, -0.2) is 4.98 Å². The van der Waals surface area contributed by atoms with Crippen LogP contribution in [0.2, 0.25) is 5.15 Å². The third-order valence-corrected chi connectivity index (χ3v) is 3.12. The van der Waals surface area contributed by atoms with Crippen molar-refractivity contribution in [2.75, 3.05) is 13.6 Å². The van der Waals surface area contributed by atoms with Gasteiger partial charge in [-0.2, -0.15) is 0 Å². The summed E-state index contributed by atoms with van der Waals surface area (Å²) < 4.78 is 0. The van der Waals surface area contributed by atoms with Crippen LogP contribution in [0.25, 0.3) is 11.0 Å². The molecule has 19 heavy (non-hydrogen) atoms. The van der Waals surface area contributed by atoms with E-state index in [0.29, 0.717) is 34.7 Å². The van der Waals surface area contributed by atoms with Gasteiger partial charge in [-0.05, 0) is 37.7 Å². The number of nitrogens with one attached hydrogen (secondary N) is 1. The number of hydrogen-bond donors (Lipinski definition) is 3. The SMILES string of the molecule is CNCCC(O)C(O)c1ccc2ncc(Cl)nc2c1. The maximum absolute atomic E-state index is 10.1. The highest BCUT2D eigenvalue weighted by Crippen LogP contribution is 2.22. The van der Waals surface area contributed by atoms with Crippen molar-refractivity contribution in [2.45, 2.75) is 18.6 Å². The van der Waals surface area contributed by atoms with Crippen LogP contribution >= 0.6 is 11.6 Å². The van der Waals surface area contributed by atoms with E-state index in [-0.39, 0.29) is 0 Å². The molecule has 0 aliphatic carbocycles. The van der Waals surface area contributed by atoms with Crippen LogP contribution in [-0.2, 0) is 0 Å². The molecule has 102 valence electrons. The lowest BCUT2D eigenvalue weighted by molar-refractivity contribution is 0.0141. The largest absolute Gasteiger partial charge is 0.390 e. The number of rotatable bonds is 5. The number of benzene rings is 1. The maximum atomic E-state index is 10.1. The quantitative estimate of drug-likeness (QED) is 0.770. The van der Waals surface area contributed by atoms with Gasteiger partial charge >= 0.3 is 0 Å². The van der Waals surface area contributed by atoms with E-state index in [1.54, 1.807) is 25.2 Å². The zero-order valence-electron chi connectivity index (χ0n) is 10.5. The predicted molar refractivity (Wildman–Crippen MR) is 74.1 cm³/mol. The first-order chi connectivity index (χ1) is 9.11. The van der Waals surface area contributed by atoms with Gasteiger partial charge in [0.25, 0.3) is 0 Å². The number of aliphatic hydroxyl groups is 2. The van der Waals surface area contributed by atoms with Crippen LogP contribution in [0.3, 0.4) is 0 Å². The Balaban J connectivity index is 2.24. The molecule has 0 aliphatic rings. The zero-order chi connectivity index (χ0) is 13.8. The van der Waals surface area contributed by atoms with Gasteiger partial charge in [0.2, 0.25) is 0 Å². The van der Waals surface area contributed by atoms with E-state index in [1.807, 2.05) is 0 Å². The highest BCUT2D eigenvalue weighted by Gasteiger charge is 2.18. The standard InChI is InChI=1S/C13H16ClN3O2/c1-15-5-4-11(18)13(19)8-2-3-9-10(6-8)17-12(14)7-16-9/h2-3,6-7,11,13,15,18-19H,4-5H2,1H3. The topological polar surface area (TPSA) is 78.3 Å². The summed E-state index contributed by atoms with van der Waals surface area (Å²) in [6.45, 7) is 0.636. The summed E-state index contributed by atoms with van der Waals surface area (Å²) in [6, 6.07) is 5.18. The molecule has 2 atom stereocenters. The minimum absolute atomic E-state index is 0.301. The highest BCUT2D eigenvalue weighted by atomic mass is 35.5. The third-order valence-electron chi connectivity index (χ3n) is 2.93. The number of hydrogen-bond acceptors (Lipinski definition) is 5. The Bertz CT molecular complexity index is 565. The molecule has 0 radical (unpaired) electrons. The van der Waals surface area contributed by atoms with E-state index >= 15 is 0 Å². The number of halogens is 1. The van der Waals surface area contributed by atoms with E-state index in [0.717, 1.165) is 0 Å². The molecule has 0 spiro atoms. The van der Waals surface area contributed by atoms with E-state index in [1.165, 1.54) is 6.20 Å². The Morgan fingerprint density at radius 1 is 1.32 bits per heavy atom. The summed E-state index contributed by atoms with van der Waals surface area (Å²) in [6.07, 6.45) is 0.175. The monoisotopic (exact) mass is 281 g/mol. The average Bonchev–Trinajstić information content (AvgIpc) is 2.43. The van der Waals surface area contributed by atoms with Crippen molar-refractivity contribution >= 4 is 22.6 Å². The first kappa shape index (κ1) is 14.1. The molecule has 0 fully saturated rings. The fraction of sp³-hybridized carbons (Fsp3) is 0.385. The molecular formula is C13H16ClN3O2.